The van der Waals surface area contributed by atoms with Gasteiger partial charge < -0.3 is 9.30 Å². The second-order valence-corrected chi connectivity index (χ2v) is 7.57. The first-order chi connectivity index (χ1) is 10.0. The van der Waals surface area contributed by atoms with Gasteiger partial charge in [-0.05, 0) is 12.8 Å². The molecule has 0 bridgehead atoms. The van der Waals surface area contributed by atoms with E-state index in [4.69, 9.17) is 4.74 Å². The maximum atomic E-state index is 12.8. The van der Waals surface area contributed by atoms with Crippen LogP contribution in [-0.2, 0) is 32.6 Å². The topological polar surface area (TPSA) is 94.4 Å². The van der Waals surface area contributed by atoms with Crippen LogP contribution in [-0.4, -0.2) is 52.4 Å². The molecule has 0 N–H and O–H groups in total. The van der Waals surface area contributed by atoms with Crippen LogP contribution in [0, 0.1) is 5.92 Å². The van der Waals surface area contributed by atoms with E-state index in [1.54, 1.807) is 6.33 Å². The number of aromatic nitrogens is 3. The fourth-order valence-electron chi connectivity index (χ4n) is 3.16. The number of ether oxygens (including phenoxy) is 1. The van der Waals surface area contributed by atoms with Crippen LogP contribution in [0.2, 0.25) is 0 Å². The van der Waals surface area contributed by atoms with E-state index in [0.717, 1.165) is 6.42 Å². The zero-order chi connectivity index (χ0) is 15.0. The summed E-state index contributed by atoms with van der Waals surface area (Å²) in [5.74, 6) is -0.349. The zero-order valence-corrected chi connectivity index (χ0v) is 12.6. The second kappa shape index (κ2) is 5.38. The van der Waals surface area contributed by atoms with Crippen LogP contribution in [0.15, 0.2) is 6.33 Å². The Morgan fingerprint density at radius 1 is 1.38 bits per heavy atom. The Morgan fingerprint density at radius 2 is 2.19 bits per heavy atom. The summed E-state index contributed by atoms with van der Waals surface area (Å²) in [7, 11) is -2.24. The van der Waals surface area contributed by atoms with E-state index in [1.807, 2.05) is 4.57 Å². The van der Waals surface area contributed by atoms with Crippen molar-refractivity contribution in [2.75, 3.05) is 13.7 Å². The first kappa shape index (κ1) is 14.5. The Labute approximate surface area is 123 Å². The summed E-state index contributed by atoms with van der Waals surface area (Å²) in [4.78, 5) is 11.8. The monoisotopic (exact) mass is 314 g/mol. The van der Waals surface area contributed by atoms with Gasteiger partial charge in [0.05, 0.1) is 24.8 Å². The fraction of sp³-hybridized carbons (Fsp3) is 0.750. The highest BCUT2D eigenvalue weighted by molar-refractivity contribution is 7.89. The summed E-state index contributed by atoms with van der Waals surface area (Å²) in [6.45, 7) is 1.14. The van der Waals surface area contributed by atoms with Crippen molar-refractivity contribution in [2.24, 2.45) is 5.92 Å². The van der Waals surface area contributed by atoms with E-state index in [9.17, 15) is 13.2 Å². The fourth-order valence-corrected chi connectivity index (χ4v) is 5.30. The largest absolute Gasteiger partial charge is 0.469 e. The molecule has 2 unspecified atom stereocenters. The molecule has 3 rings (SSSR count). The number of rotatable bonds is 3. The van der Waals surface area contributed by atoms with E-state index < -0.39 is 27.2 Å². The van der Waals surface area contributed by atoms with Gasteiger partial charge in [-0.2, -0.15) is 4.31 Å². The van der Waals surface area contributed by atoms with Crippen molar-refractivity contribution in [1.29, 1.82) is 0 Å². The third-order valence-electron chi connectivity index (χ3n) is 4.30. The molecule has 1 aliphatic heterocycles. The van der Waals surface area contributed by atoms with Crippen LogP contribution in [0.4, 0.5) is 0 Å². The number of nitrogens with zero attached hydrogens (tertiary/aromatic N) is 4. The quantitative estimate of drug-likeness (QED) is 0.715. The highest BCUT2D eigenvalue weighted by Crippen LogP contribution is 2.34. The Morgan fingerprint density at radius 3 is 2.95 bits per heavy atom. The molecule has 1 fully saturated rings. The molecule has 9 heteroatoms. The van der Waals surface area contributed by atoms with Crippen molar-refractivity contribution in [2.45, 2.75) is 37.6 Å². The van der Waals surface area contributed by atoms with Gasteiger partial charge in [-0.3, -0.25) is 4.79 Å². The average molecular weight is 314 g/mol. The number of hydrogen-bond acceptors (Lipinski definition) is 6. The zero-order valence-electron chi connectivity index (χ0n) is 11.8. The third kappa shape index (κ3) is 2.44. The van der Waals surface area contributed by atoms with Crippen molar-refractivity contribution in [3.63, 3.8) is 0 Å². The van der Waals surface area contributed by atoms with E-state index in [2.05, 4.69) is 10.2 Å². The molecule has 1 aromatic heterocycles. The molecule has 2 aliphatic rings. The lowest BCUT2D eigenvalue weighted by atomic mass is 10.1. The molecule has 0 saturated heterocycles. The number of sulfonamides is 1. The maximum absolute atomic E-state index is 12.8. The van der Waals surface area contributed by atoms with Crippen molar-refractivity contribution in [3.05, 3.63) is 12.2 Å². The molecule has 0 radical (unpaired) electrons. The number of hydrogen-bond donors (Lipinski definition) is 0. The van der Waals surface area contributed by atoms with Crippen molar-refractivity contribution in [3.8, 4) is 0 Å². The molecule has 2 heterocycles. The van der Waals surface area contributed by atoms with Crippen LogP contribution in [0.1, 0.15) is 25.1 Å². The SMILES string of the molecule is COC(=O)C1CCCC1S(=O)(=O)N1CCn2cnnc2C1. The van der Waals surface area contributed by atoms with Gasteiger partial charge in [0.15, 0.2) is 0 Å². The Hall–Kier alpha value is -1.48. The van der Waals surface area contributed by atoms with Gasteiger partial charge in [0.25, 0.3) is 0 Å². The molecule has 1 saturated carbocycles. The first-order valence-corrected chi connectivity index (χ1v) is 8.48. The Balaban J connectivity index is 1.82. The normalized spacial score (nSPS) is 26.5. The predicted molar refractivity (Wildman–Crippen MR) is 72.5 cm³/mol. The Bertz CT molecular complexity index is 641. The first-order valence-electron chi connectivity index (χ1n) is 6.97. The van der Waals surface area contributed by atoms with Crippen molar-refractivity contribution >= 4 is 16.0 Å². The maximum Gasteiger partial charge on any atom is 0.310 e. The third-order valence-corrected chi connectivity index (χ3v) is 6.66. The molecule has 0 amide bonds. The average Bonchev–Trinajstić information content (AvgIpc) is 3.14. The molecule has 0 spiro atoms. The van der Waals surface area contributed by atoms with Crippen molar-refractivity contribution < 1.29 is 17.9 Å². The van der Waals surface area contributed by atoms with Gasteiger partial charge >= 0.3 is 5.97 Å². The standard InChI is InChI=1S/C12H18N4O4S/c1-20-12(17)9-3-2-4-10(9)21(18,19)16-6-5-15-8-13-14-11(15)7-16/h8-10H,2-7H2,1H3. The highest BCUT2D eigenvalue weighted by atomic mass is 32.2. The smallest absolute Gasteiger partial charge is 0.310 e. The summed E-state index contributed by atoms with van der Waals surface area (Å²) in [5.41, 5.74) is 0. The van der Waals surface area contributed by atoms with E-state index >= 15 is 0 Å². The van der Waals surface area contributed by atoms with E-state index in [-0.39, 0.29) is 6.54 Å². The van der Waals surface area contributed by atoms with Crippen LogP contribution in [0.5, 0.6) is 0 Å². The number of esters is 1. The summed E-state index contributed by atoms with van der Waals surface area (Å²) in [5, 5.41) is 7.04. The van der Waals surface area contributed by atoms with Crippen molar-refractivity contribution in [1.82, 2.24) is 19.1 Å². The summed E-state index contributed by atoms with van der Waals surface area (Å²) in [6, 6.07) is 0. The second-order valence-electron chi connectivity index (χ2n) is 5.42. The predicted octanol–water partition coefficient (Wildman–Crippen LogP) is -0.235. The van der Waals surface area contributed by atoms with Gasteiger partial charge in [0.1, 0.15) is 12.2 Å². The Kier molecular flexibility index (Phi) is 3.70. The van der Waals surface area contributed by atoms with Crippen LogP contribution in [0.25, 0.3) is 0 Å². The van der Waals surface area contributed by atoms with Crippen LogP contribution < -0.4 is 0 Å². The molecule has 1 aromatic rings. The molecular weight excluding hydrogens is 296 g/mol. The lowest BCUT2D eigenvalue weighted by Gasteiger charge is -2.30. The number of methoxy groups -OCH3 is 1. The van der Waals surface area contributed by atoms with Crippen LogP contribution in [0.3, 0.4) is 0 Å². The minimum atomic E-state index is -3.54. The molecular formula is C12H18N4O4S. The minimum absolute atomic E-state index is 0.215. The van der Waals surface area contributed by atoms with Gasteiger partial charge in [-0.25, -0.2) is 8.42 Å². The van der Waals surface area contributed by atoms with Gasteiger partial charge in [-0.15, -0.1) is 10.2 Å². The molecule has 0 aromatic carbocycles. The summed E-state index contributed by atoms with van der Waals surface area (Å²) < 4.78 is 33.6. The molecule has 2 atom stereocenters. The number of carbonyl (C=O) groups excluding carboxylic acids is 1. The van der Waals surface area contributed by atoms with Gasteiger partial charge in [0.2, 0.25) is 10.0 Å². The van der Waals surface area contributed by atoms with E-state index in [0.29, 0.717) is 31.8 Å². The van der Waals surface area contributed by atoms with Gasteiger partial charge in [0, 0.05) is 13.1 Å². The molecule has 21 heavy (non-hydrogen) atoms. The molecule has 1 aliphatic carbocycles. The minimum Gasteiger partial charge on any atom is -0.469 e. The lowest BCUT2D eigenvalue weighted by molar-refractivity contribution is -0.145. The number of carbonyl (C=O) groups is 1. The summed E-state index contributed by atoms with van der Waals surface area (Å²) in [6.07, 6.45) is 3.41. The number of fused-ring (bicyclic) bond motifs is 1. The molecule has 116 valence electrons. The summed E-state index contributed by atoms with van der Waals surface area (Å²) >= 11 is 0. The molecule has 8 nitrogen and oxygen atoms in total. The van der Waals surface area contributed by atoms with Gasteiger partial charge in [-0.1, -0.05) is 6.42 Å². The van der Waals surface area contributed by atoms with E-state index in [1.165, 1.54) is 11.4 Å². The highest BCUT2D eigenvalue weighted by Gasteiger charge is 2.45. The van der Waals surface area contributed by atoms with Crippen LogP contribution >= 0.6 is 0 Å². The lowest BCUT2D eigenvalue weighted by Crippen LogP contribution is -2.45.